The quantitative estimate of drug-likeness (QED) is 0.0851. The smallest absolute Gasteiger partial charge is 0.345 e. The molecular weight excluding hydrogens is 691 g/mol. The molecule has 10 heteroatoms. The van der Waals surface area contributed by atoms with Crippen molar-refractivity contribution in [1.29, 1.82) is 0 Å². The number of hydrogen-bond donors (Lipinski definition) is 3. The molecule has 3 aromatic carbocycles. The van der Waals surface area contributed by atoms with Crippen molar-refractivity contribution in [3.63, 3.8) is 0 Å². The van der Waals surface area contributed by atoms with Crippen LogP contribution in [0.1, 0.15) is 72.6 Å². The molecule has 2 aliphatic carbocycles. The topological polar surface area (TPSA) is 130 Å². The Morgan fingerprint density at radius 3 is 2.50 bits per heavy atom. The van der Waals surface area contributed by atoms with E-state index in [0.29, 0.717) is 12.2 Å². The SMILES string of the molecule is CCCCCCNC(=O)N(O)c1cccc(-c2ccc(C3=Cc4ccc5c(c4CC3)CCc3ccccc3-5)s2)c1.NC(=O)CC1C=CC=CS1(=O)=O. The number of thiophene rings is 1. The maximum absolute atomic E-state index is 12.4. The van der Waals surface area contributed by atoms with Gasteiger partial charge in [0.25, 0.3) is 0 Å². The molecule has 0 radical (unpaired) electrons. The lowest BCUT2D eigenvalue weighted by Gasteiger charge is -2.26. The van der Waals surface area contributed by atoms with Crippen LogP contribution in [-0.4, -0.2) is 37.4 Å². The van der Waals surface area contributed by atoms with E-state index in [-0.39, 0.29) is 6.42 Å². The van der Waals surface area contributed by atoms with Gasteiger partial charge in [-0.2, -0.15) is 5.06 Å². The minimum Gasteiger partial charge on any atom is -0.370 e. The highest BCUT2D eigenvalue weighted by molar-refractivity contribution is 7.95. The van der Waals surface area contributed by atoms with Crippen LogP contribution < -0.4 is 16.1 Å². The average Bonchev–Trinajstić information content (AvgIpc) is 3.66. The second-order valence-corrected chi connectivity index (χ2v) is 16.5. The lowest BCUT2D eigenvalue weighted by molar-refractivity contribution is -0.117. The van der Waals surface area contributed by atoms with Gasteiger partial charge in [0.1, 0.15) is 0 Å². The second kappa shape index (κ2) is 16.7. The number of allylic oxidation sites excluding steroid dienone is 3. The summed E-state index contributed by atoms with van der Waals surface area (Å²) in [5.41, 5.74) is 16.4. The van der Waals surface area contributed by atoms with Crippen LogP contribution in [0.4, 0.5) is 10.5 Å². The molecule has 1 aromatic heterocycles. The third kappa shape index (κ3) is 8.63. The number of primary amides is 1. The first-order chi connectivity index (χ1) is 25.1. The van der Waals surface area contributed by atoms with Gasteiger partial charge in [-0.15, -0.1) is 11.3 Å². The van der Waals surface area contributed by atoms with E-state index >= 15 is 0 Å². The van der Waals surface area contributed by atoms with Crippen LogP contribution in [0.2, 0.25) is 0 Å². The number of fused-ring (bicyclic) bond motifs is 5. The standard InChI is InChI=1S/C35H36N2O2S.C7H9NO3S/c1-2-3-4-7-21-36-35(38)37(39)28-11-8-10-26(23-28)33-19-20-34(40-33)27-15-16-30-25(22-27)14-18-31-29-12-6-5-9-24(29)13-17-32(30)31;8-7(9)5-6-3-1-2-4-12(6,10)11/h5-6,8-12,14,18-20,22-23,39H,2-4,7,13,15-17,21H2,1H3,(H,36,38);1-4,6H,5H2,(H2,8,9). The van der Waals surface area contributed by atoms with Crippen molar-refractivity contribution in [2.24, 2.45) is 5.73 Å². The molecule has 3 amide bonds. The maximum atomic E-state index is 12.4. The fraction of sp³-hybridized carbons (Fsp3) is 0.286. The number of aryl methyl sites for hydroxylation is 1. The van der Waals surface area contributed by atoms with Gasteiger partial charge in [0.15, 0.2) is 9.84 Å². The molecule has 1 atom stereocenters. The summed E-state index contributed by atoms with van der Waals surface area (Å²) in [6, 6.07) is 24.9. The minimum atomic E-state index is -3.29. The van der Waals surface area contributed by atoms with Crippen molar-refractivity contribution in [2.75, 3.05) is 11.6 Å². The van der Waals surface area contributed by atoms with Gasteiger partial charge in [0.05, 0.1) is 10.9 Å². The normalized spacial score (nSPS) is 16.3. The number of anilines is 1. The zero-order chi connectivity index (χ0) is 36.7. The van der Waals surface area contributed by atoms with Gasteiger partial charge in [-0.1, -0.05) is 99.0 Å². The summed E-state index contributed by atoms with van der Waals surface area (Å²) >= 11 is 1.77. The van der Waals surface area contributed by atoms with Gasteiger partial charge in [-0.3, -0.25) is 10.0 Å². The molecule has 1 unspecified atom stereocenters. The van der Waals surface area contributed by atoms with E-state index < -0.39 is 27.0 Å². The van der Waals surface area contributed by atoms with E-state index in [1.54, 1.807) is 23.5 Å². The van der Waals surface area contributed by atoms with Gasteiger partial charge < -0.3 is 11.1 Å². The number of nitrogens with one attached hydrogen (secondary N) is 1. The van der Waals surface area contributed by atoms with Gasteiger partial charge in [0.2, 0.25) is 5.91 Å². The van der Waals surface area contributed by atoms with E-state index in [2.05, 4.69) is 66.8 Å². The Hall–Kier alpha value is -4.77. The first-order valence-corrected chi connectivity index (χ1v) is 20.4. The summed E-state index contributed by atoms with van der Waals surface area (Å²) in [6.07, 6.45) is 15.4. The largest absolute Gasteiger partial charge is 0.370 e. The molecule has 0 spiro atoms. The van der Waals surface area contributed by atoms with Crippen molar-refractivity contribution >= 4 is 50.4 Å². The second-order valence-electron chi connectivity index (χ2n) is 13.3. The Bertz CT molecular complexity index is 2150. The number of nitrogens with zero attached hydrogens (tertiary/aromatic N) is 1. The number of sulfone groups is 1. The number of nitrogens with two attached hydrogens (primary N) is 1. The van der Waals surface area contributed by atoms with Crippen LogP contribution in [0.5, 0.6) is 0 Å². The number of hydrogen-bond acceptors (Lipinski definition) is 6. The number of amides is 3. The Balaban J connectivity index is 0.000000330. The van der Waals surface area contributed by atoms with Gasteiger partial charge >= 0.3 is 6.03 Å². The molecule has 270 valence electrons. The average molecular weight is 736 g/mol. The lowest BCUT2D eigenvalue weighted by atomic mass is 9.78. The highest BCUT2D eigenvalue weighted by atomic mass is 32.2. The monoisotopic (exact) mass is 735 g/mol. The van der Waals surface area contributed by atoms with Crippen LogP contribution in [0.3, 0.4) is 0 Å². The molecule has 0 saturated heterocycles. The minimum absolute atomic E-state index is 0.150. The van der Waals surface area contributed by atoms with Crippen LogP contribution in [0.25, 0.3) is 33.2 Å². The number of rotatable bonds is 10. The zero-order valence-electron chi connectivity index (χ0n) is 29.4. The van der Waals surface area contributed by atoms with Gasteiger partial charge in [-0.25, -0.2) is 13.2 Å². The molecule has 52 heavy (non-hydrogen) atoms. The molecule has 4 N–H and O–H groups in total. The highest BCUT2D eigenvalue weighted by Crippen LogP contribution is 2.42. The third-order valence-corrected chi connectivity index (χ3v) is 12.6. The number of urea groups is 1. The Morgan fingerprint density at radius 2 is 1.69 bits per heavy atom. The number of hydroxylamine groups is 1. The van der Waals surface area contributed by atoms with E-state index in [9.17, 15) is 23.2 Å². The fourth-order valence-corrected chi connectivity index (χ4v) is 9.25. The summed E-state index contributed by atoms with van der Waals surface area (Å²) in [5, 5.41) is 14.4. The van der Waals surface area contributed by atoms with Gasteiger partial charge in [0, 0.05) is 28.1 Å². The summed E-state index contributed by atoms with van der Waals surface area (Å²) in [7, 11) is -3.29. The predicted octanol–water partition coefficient (Wildman–Crippen LogP) is 8.88. The molecule has 3 aliphatic rings. The number of benzene rings is 3. The highest BCUT2D eigenvalue weighted by Gasteiger charge is 2.24. The van der Waals surface area contributed by atoms with Crippen molar-refractivity contribution in [3.8, 4) is 21.6 Å². The molecular formula is C42H45N3O5S2. The molecule has 1 aliphatic heterocycles. The molecule has 8 nitrogen and oxygen atoms in total. The lowest BCUT2D eigenvalue weighted by Crippen LogP contribution is -2.38. The summed E-state index contributed by atoms with van der Waals surface area (Å²) in [5.74, 6) is -0.608. The van der Waals surface area contributed by atoms with Crippen molar-refractivity contribution < 1.29 is 23.2 Å². The Kier molecular flexibility index (Phi) is 11.9. The molecule has 7 rings (SSSR count). The van der Waals surface area contributed by atoms with Crippen LogP contribution in [0, 0.1) is 0 Å². The number of carbonyl (C=O) groups excluding carboxylic acids is 2. The van der Waals surface area contributed by atoms with Crippen molar-refractivity contribution in [1.82, 2.24) is 5.32 Å². The van der Waals surface area contributed by atoms with E-state index in [1.165, 1.54) is 56.0 Å². The number of unbranched alkanes of at least 4 members (excludes halogenated alkanes) is 3. The van der Waals surface area contributed by atoms with Gasteiger partial charge in [-0.05, 0) is 101 Å². The third-order valence-electron chi connectivity index (χ3n) is 9.72. The zero-order valence-corrected chi connectivity index (χ0v) is 31.0. The fourth-order valence-electron chi connectivity index (χ4n) is 6.99. The predicted molar refractivity (Wildman–Crippen MR) is 212 cm³/mol. The molecule has 0 fully saturated rings. The van der Waals surface area contributed by atoms with Crippen LogP contribution >= 0.6 is 11.3 Å². The summed E-state index contributed by atoms with van der Waals surface area (Å²) in [4.78, 5) is 25.3. The van der Waals surface area contributed by atoms with Crippen LogP contribution in [0.15, 0.2) is 96.4 Å². The summed E-state index contributed by atoms with van der Waals surface area (Å²) < 4.78 is 22.3. The Morgan fingerprint density at radius 1 is 0.885 bits per heavy atom. The molecule has 0 bridgehead atoms. The maximum Gasteiger partial charge on any atom is 0.345 e. The number of carbonyl (C=O) groups is 2. The van der Waals surface area contributed by atoms with Crippen molar-refractivity contribution in [2.45, 2.75) is 70.0 Å². The first kappa shape index (κ1) is 37.0. The molecule has 2 heterocycles. The molecule has 4 aromatic rings. The van der Waals surface area contributed by atoms with Crippen LogP contribution in [-0.2, 0) is 33.9 Å². The van der Waals surface area contributed by atoms with E-state index in [1.807, 2.05) is 18.2 Å². The Labute approximate surface area is 310 Å². The summed E-state index contributed by atoms with van der Waals surface area (Å²) in [6.45, 7) is 2.73. The van der Waals surface area contributed by atoms with Crippen molar-refractivity contribution in [3.05, 3.63) is 124 Å². The van der Waals surface area contributed by atoms with E-state index in [4.69, 9.17) is 5.73 Å². The van der Waals surface area contributed by atoms with E-state index in [0.717, 1.165) is 72.3 Å². The molecule has 0 saturated carbocycles. The first-order valence-electron chi connectivity index (χ1n) is 17.9.